The standard InChI is InChI=1S/C17H19BrClN/c1-3-12-4-6-13(7-5-12)8-17(20-2)14-9-15(18)11-16(19)10-14/h4-7,9-11,17,20H,3,8H2,1-2H3. The molecule has 1 atom stereocenters. The molecule has 0 aliphatic carbocycles. The number of hydrogen-bond acceptors (Lipinski definition) is 1. The van der Waals surface area contributed by atoms with Gasteiger partial charge >= 0.3 is 0 Å². The van der Waals surface area contributed by atoms with Gasteiger partial charge in [-0.05, 0) is 54.8 Å². The van der Waals surface area contributed by atoms with Crippen molar-refractivity contribution in [3.05, 3.63) is 68.7 Å². The normalized spacial score (nSPS) is 12.4. The van der Waals surface area contributed by atoms with Crippen LogP contribution in [0.2, 0.25) is 5.02 Å². The first-order chi connectivity index (χ1) is 9.62. The average Bonchev–Trinajstić information content (AvgIpc) is 2.44. The number of rotatable bonds is 5. The maximum atomic E-state index is 6.14. The van der Waals surface area contributed by atoms with E-state index in [0.29, 0.717) is 0 Å². The van der Waals surface area contributed by atoms with E-state index in [1.165, 1.54) is 16.7 Å². The second-order valence-electron chi connectivity index (χ2n) is 4.92. The Labute approximate surface area is 134 Å². The van der Waals surface area contributed by atoms with Gasteiger partial charge in [0.25, 0.3) is 0 Å². The summed E-state index contributed by atoms with van der Waals surface area (Å²) in [5.41, 5.74) is 3.91. The maximum Gasteiger partial charge on any atom is 0.0420 e. The molecule has 0 aliphatic rings. The highest BCUT2D eigenvalue weighted by Crippen LogP contribution is 2.26. The maximum absolute atomic E-state index is 6.14. The van der Waals surface area contributed by atoms with Crippen LogP contribution in [-0.2, 0) is 12.8 Å². The molecule has 20 heavy (non-hydrogen) atoms. The van der Waals surface area contributed by atoms with Crippen molar-refractivity contribution in [1.29, 1.82) is 0 Å². The number of benzene rings is 2. The molecule has 0 radical (unpaired) electrons. The lowest BCUT2D eigenvalue weighted by Crippen LogP contribution is -2.18. The zero-order valence-electron chi connectivity index (χ0n) is 11.8. The van der Waals surface area contributed by atoms with Crippen molar-refractivity contribution in [1.82, 2.24) is 5.32 Å². The molecular weight excluding hydrogens is 334 g/mol. The van der Waals surface area contributed by atoms with E-state index in [0.717, 1.165) is 22.3 Å². The van der Waals surface area contributed by atoms with Crippen LogP contribution in [0.1, 0.15) is 29.7 Å². The molecule has 1 N–H and O–H groups in total. The van der Waals surface area contributed by atoms with Gasteiger partial charge in [-0.1, -0.05) is 58.7 Å². The fourth-order valence-electron chi connectivity index (χ4n) is 2.31. The minimum atomic E-state index is 0.262. The summed E-state index contributed by atoms with van der Waals surface area (Å²) < 4.78 is 1.02. The first-order valence-corrected chi connectivity index (χ1v) is 8.00. The Morgan fingerprint density at radius 2 is 1.75 bits per heavy atom. The van der Waals surface area contributed by atoms with Crippen LogP contribution in [0.5, 0.6) is 0 Å². The van der Waals surface area contributed by atoms with E-state index in [1.54, 1.807) is 0 Å². The number of nitrogens with one attached hydrogen (secondary N) is 1. The van der Waals surface area contributed by atoms with Crippen molar-refractivity contribution in [3.8, 4) is 0 Å². The fraction of sp³-hybridized carbons (Fsp3) is 0.294. The molecule has 0 bridgehead atoms. The molecule has 0 saturated heterocycles. The Balaban J connectivity index is 2.19. The van der Waals surface area contributed by atoms with Crippen LogP contribution in [0.3, 0.4) is 0 Å². The van der Waals surface area contributed by atoms with Gasteiger partial charge in [0.2, 0.25) is 0 Å². The van der Waals surface area contributed by atoms with Gasteiger partial charge in [-0.25, -0.2) is 0 Å². The largest absolute Gasteiger partial charge is 0.313 e. The number of likely N-dealkylation sites (N-methyl/N-ethyl adjacent to an activating group) is 1. The summed E-state index contributed by atoms with van der Waals surface area (Å²) >= 11 is 9.64. The Morgan fingerprint density at radius 1 is 1.10 bits per heavy atom. The second kappa shape index (κ2) is 7.26. The zero-order valence-corrected chi connectivity index (χ0v) is 14.1. The molecule has 0 aromatic heterocycles. The summed E-state index contributed by atoms with van der Waals surface area (Å²) in [6, 6.07) is 15.1. The molecule has 1 unspecified atom stereocenters. The van der Waals surface area contributed by atoms with Crippen LogP contribution in [0.25, 0.3) is 0 Å². The molecule has 2 rings (SSSR count). The van der Waals surface area contributed by atoms with Crippen molar-refractivity contribution in [2.75, 3.05) is 7.05 Å². The van der Waals surface area contributed by atoms with Crippen molar-refractivity contribution < 1.29 is 0 Å². The third-order valence-corrected chi connectivity index (χ3v) is 4.18. The van der Waals surface area contributed by atoms with Gasteiger partial charge < -0.3 is 5.32 Å². The van der Waals surface area contributed by atoms with Crippen molar-refractivity contribution >= 4 is 27.5 Å². The molecule has 3 heteroatoms. The molecule has 0 aliphatic heterocycles. The summed E-state index contributed by atoms with van der Waals surface area (Å²) in [7, 11) is 1.99. The number of hydrogen-bond donors (Lipinski definition) is 1. The average molecular weight is 353 g/mol. The van der Waals surface area contributed by atoms with Gasteiger partial charge in [0.15, 0.2) is 0 Å². The molecule has 1 nitrogen and oxygen atoms in total. The molecule has 0 heterocycles. The SMILES string of the molecule is CCc1ccc(CC(NC)c2cc(Cl)cc(Br)c2)cc1. The lowest BCUT2D eigenvalue weighted by molar-refractivity contribution is 0.592. The smallest absolute Gasteiger partial charge is 0.0420 e. The summed E-state index contributed by atoms with van der Waals surface area (Å²) in [6.07, 6.45) is 2.03. The molecule has 2 aromatic carbocycles. The molecular formula is C17H19BrClN. The van der Waals surface area contributed by atoms with E-state index in [9.17, 15) is 0 Å². The molecule has 0 saturated carbocycles. The first-order valence-electron chi connectivity index (χ1n) is 6.83. The zero-order chi connectivity index (χ0) is 14.5. The number of aryl methyl sites for hydroxylation is 1. The number of halogens is 2. The van der Waals surface area contributed by atoms with Crippen LogP contribution in [0.4, 0.5) is 0 Å². The topological polar surface area (TPSA) is 12.0 Å². The minimum absolute atomic E-state index is 0.262. The van der Waals surface area contributed by atoms with E-state index in [4.69, 9.17) is 11.6 Å². The summed E-state index contributed by atoms with van der Waals surface area (Å²) in [5, 5.41) is 4.13. The van der Waals surface area contributed by atoms with E-state index in [2.05, 4.69) is 58.5 Å². The van der Waals surface area contributed by atoms with Crippen molar-refractivity contribution in [2.24, 2.45) is 0 Å². The molecule has 106 valence electrons. The predicted octanol–water partition coefficient (Wildman–Crippen LogP) is 5.17. The van der Waals surface area contributed by atoms with Crippen LogP contribution >= 0.6 is 27.5 Å². The van der Waals surface area contributed by atoms with Crippen LogP contribution in [0.15, 0.2) is 46.9 Å². The Kier molecular flexibility index (Phi) is 5.64. The summed E-state index contributed by atoms with van der Waals surface area (Å²) in [5.74, 6) is 0. The summed E-state index contributed by atoms with van der Waals surface area (Å²) in [4.78, 5) is 0. The van der Waals surface area contributed by atoms with Gasteiger partial charge in [-0.3, -0.25) is 0 Å². The molecule has 0 fully saturated rings. The minimum Gasteiger partial charge on any atom is -0.313 e. The molecule has 2 aromatic rings. The molecule has 0 amide bonds. The van der Waals surface area contributed by atoms with Gasteiger partial charge in [0.05, 0.1) is 0 Å². The third-order valence-electron chi connectivity index (χ3n) is 3.51. The third kappa shape index (κ3) is 4.08. The van der Waals surface area contributed by atoms with Gasteiger partial charge in [-0.2, -0.15) is 0 Å². The van der Waals surface area contributed by atoms with E-state index in [-0.39, 0.29) is 6.04 Å². The van der Waals surface area contributed by atoms with Gasteiger partial charge in [-0.15, -0.1) is 0 Å². The van der Waals surface area contributed by atoms with Crippen LogP contribution in [-0.4, -0.2) is 7.05 Å². The highest BCUT2D eigenvalue weighted by molar-refractivity contribution is 9.10. The Bertz CT molecular complexity index is 545. The lowest BCUT2D eigenvalue weighted by Gasteiger charge is -2.18. The molecule has 0 spiro atoms. The second-order valence-corrected chi connectivity index (χ2v) is 6.27. The quantitative estimate of drug-likeness (QED) is 0.783. The van der Waals surface area contributed by atoms with Crippen LogP contribution in [0, 0.1) is 0 Å². The monoisotopic (exact) mass is 351 g/mol. The Morgan fingerprint density at radius 3 is 2.30 bits per heavy atom. The summed E-state index contributed by atoms with van der Waals surface area (Å²) in [6.45, 7) is 2.18. The Hall–Kier alpha value is -0.830. The van der Waals surface area contributed by atoms with Crippen LogP contribution < -0.4 is 5.32 Å². The first kappa shape index (κ1) is 15.6. The van der Waals surface area contributed by atoms with Gasteiger partial charge in [0, 0.05) is 15.5 Å². The predicted molar refractivity (Wildman–Crippen MR) is 90.5 cm³/mol. The van der Waals surface area contributed by atoms with E-state index < -0.39 is 0 Å². The van der Waals surface area contributed by atoms with E-state index >= 15 is 0 Å². The van der Waals surface area contributed by atoms with Crippen molar-refractivity contribution in [3.63, 3.8) is 0 Å². The highest BCUT2D eigenvalue weighted by Gasteiger charge is 2.11. The lowest BCUT2D eigenvalue weighted by atomic mass is 9.98. The van der Waals surface area contributed by atoms with Gasteiger partial charge in [0.1, 0.15) is 0 Å². The highest BCUT2D eigenvalue weighted by atomic mass is 79.9. The van der Waals surface area contributed by atoms with Crippen molar-refractivity contribution in [2.45, 2.75) is 25.8 Å². The fourth-order valence-corrected chi connectivity index (χ4v) is 3.20. The van der Waals surface area contributed by atoms with E-state index in [1.807, 2.05) is 19.2 Å².